The lowest BCUT2D eigenvalue weighted by Crippen LogP contribution is -1.79. The zero-order chi connectivity index (χ0) is 8.39. The van der Waals surface area contributed by atoms with E-state index in [4.69, 9.17) is 0 Å². The average molecular weight is 223 g/mol. The van der Waals surface area contributed by atoms with E-state index in [2.05, 4.69) is 37.4 Å². The number of hydrogen-bond acceptors (Lipinski definition) is 2. The molecule has 1 N–H and O–H groups in total. The highest BCUT2D eigenvalue weighted by molar-refractivity contribution is 9.10. The Hall–Kier alpha value is -1.16. The quantitative estimate of drug-likeness (QED) is 0.803. The Morgan fingerprint density at radius 3 is 2.58 bits per heavy atom. The average Bonchev–Trinajstić information content (AvgIpc) is 2.58. The van der Waals surface area contributed by atoms with Crippen LogP contribution in [0, 0.1) is 6.33 Å². The van der Waals surface area contributed by atoms with Crippen molar-refractivity contribution in [3.8, 4) is 11.4 Å². The number of benzene rings is 1. The minimum atomic E-state index is 0.738. The van der Waals surface area contributed by atoms with E-state index in [1.165, 1.54) is 0 Å². The third-order valence-electron chi connectivity index (χ3n) is 1.49. The van der Waals surface area contributed by atoms with E-state index >= 15 is 0 Å². The molecular weight excluding hydrogens is 218 g/mol. The number of rotatable bonds is 1. The third kappa shape index (κ3) is 1.38. The second-order valence-corrected chi connectivity index (χ2v) is 3.21. The zero-order valence-corrected chi connectivity index (χ0v) is 7.67. The largest absolute Gasteiger partial charge is 0.259 e. The molecule has 1 heterocycles. The van der Waals surface area contributed by atoms with Crippen LogP contribution in [-0.2, 0) is 0 Å². The van der Waals surface area contributed by atoms with Gasteiger partial charge in [-0.3, -0.25) is 5.10 Å². The lowest BCUT2D eigenvalue weighted by atomic mass is 10.2. The van der Waals surface area contributed by atoms with E-state index in [0.29, 0.717) is 0 Å². The molecule has 0 aliphatic carbocycles. The number of nitrogens with one attached hydrogen (secondary N) is 1. The van der Waals surface area contributed by atoms with Crippen LogP contribution in [0.3, 0.4) is 0 Å². The summed E-state index contributed by atoms with van der Waals surface area (Å²) in [5.41, 5.74) is 1.01. The second-order valence-electron chi connectivity index (χ2n) is 2.29. The first-order valence-electron chi connectivity index (χ1n) is 3.40. The lowest BCUT2D eigenvalue weighted by Gasteiger charge is -1.94. The Balaban J connectivity index is 2.43. The highest BCUT2D eigenvalue weighted by Gasteiger charge is 1.98. The molecule has 0 unspecified atom stereocenters. The highest BCUT2D eigenvalue weighted by Crippen LogP contribution is 2.16. The van der Waals surface area contributed by atoms with Crippen LogP contribution in [0.2, 0.25) is 0 Å². The smallest absolute Gasteiger partial charge is 0.221 e. The highest BCUT2D eigenvalue weighted by atomic mass is 79.9. The number of aromatic amines is 1. The maximum Gasteiger partial charge on any atom is 0.221 e. The molecule has 0 aliphatic heterocycles. The second kappa shape index (κ2) is 3.06. The van der Waals surface area contributed by atoms with Crippen LogP contribution in [0.1, 0.15) is 0 Å². The molecule has 1 radical (unpaired) electrons. The molecule has 0 saturated carbocycles. The van der Waals surface area contributed by atoms with Crippen LogP contribution in [-0.4, -0.2) is 15.2 Å². The van der Waals surface area contributed by atoms with Crippen LogP contribution in [0.25, 0.3) is 11.4 Å². The van der Waals surface area contributed by atoms with Gasteiger partial charge in [0.2, 0.25) is 6.33 Å². The van der Waals surface area contributed by atoms with Gasteiger partial charge in [0, 0.05) is 10.0 Å². The molecule has 2 aromatic rings. The first-order chi connectivity index (χ1) is 5.86. The van der Waals surface area contributed by atoms with Gasteiger partial charge < -0.3 is 0 Å². The molecule has 0 bridgehead atoms. The number of aromatic nitrogens is 3. The molecule has 0 aliphatic rings. The molecule has 1 aromatic heterocycles. The van der Waals surface area contributed by atoms with Crippen molar-refractivity contribution in [3.05, 3.63) is 35.1 Å². The van der Waals surface area contributed by atoms with Crippen LogP contribution in [0.4, 0.5) is 0 Å². The molecule has 3 nitrogen and oxygen atoms in total. The van der Waals surface area contributed by atoms with E-state index in [1.54, 1.807) is 0 Å². The SMILES string of the molecule is Brc1ccc(-c2n[c]n[nH]2)cc1. The number of nitrogens with zero attached hydrogens (tertiary/aromatic N) is 2. The van der Waals surface area contributed by atoms with Crippen molar-refractivity contribution in [1.82, 2.24) is 15.2 Å². The molecule has 0 amide bonds. The molecule has 2 rings (SSSR count). The molecule has 0 fully saturated rings. The van der Waals surface area contributed by atoms with Gasteiger partial charge in [0.15, 0.2) is 5.82 Å². The van der Waals surface area contributed by atoms with Crippen molar-refractivity contribution in [1.29, 1.82) is 0 Å². The van der Waals surface area contributed by atoms with Gasteiger partial charge in [-0.25, -0.2) is 4.98 Å². The Bertz CT molecular complexity index is 352. The Kier molecular flexibility index (Phi) is 1.91. The summed E-state index contributed by atoms with van der Waals surface area (Å²) in [6.45, 7) is 0. The van der Waals surface area contributed by atoms with E-state index in [0.717, 1.165) is 15.9 Å². The van der Waals surface area contributed by atoms with Crippen molar-refractivity contribution >= 4 is 15.9 Å². The summed E-state index contributed by atoms with van der Waals surface area (Å²) in [5, 5.41) is 6.39. The first kappa shape index (κ1) is 7.49. The predicted molar refractivity (Wildman–Crippen MR) is 48.4 cm³/mol. The van der Waals surface area contributed by atoms with Crippen molar-refractivity contribution < 1.29 is 0 Å². The van der Waals surface area contributed by atoms with Gasteiger partial charge in [0.1, 0.15) is 0 Å². The molecule has 12 heavy (non-hydrogen) atoms. The summed E-state index contributed by atoms with van der Waals surface area (Å²) in [4.78, 5) is 3.91. The van der Waals surface area contributed by atoms with Gasteiger partial charge in [0.25, 0.3) is 0 Å². The van der Waals surface area contributed by atoms with E-state index in [-0.39, 0.29) is 0 Å². The summed E-state index contributed by atoms with van der Waals surface area (Å²) < 4.78 is 1.05. The van der Waals surface area contributed by atoms with Crippen molar-refractivity contribution in [2.75, 3.05) is 0 Å². The molecule has 0 saturated heterocycles. The normalized spacial score (nSPS) is 10.1. The predicted octanol–water partition coefficient (Wildman–Crippen LogP) is 2.03. The summed E-state index contributed by atoms with van der Waals surface area (Å²) in [7, 11) is 0. The van der Waals surface area contributed by atoms with Crippen LogP contribution in [0.5, 0.6) is 0 Å². The minimum Gasteiger partial charge on any atom is -0.259 e. The molecule has 0 spiro atoms. The fourth-order valence-electron chi connectivity index (χ4n) is 0.915. The Labute approximate surface area is 78.0 Å². The van der Waals surface area contributed by atoms with Gasteiger partial charge in [0.05, 0.1) is 0 Å². The number of halogens is 1. The van der Waals surface area contributed by atoms with Crippen LogP contribution < -0.4 is 0 Å². The zero-order valence-electron chi connectivity index (χ0n) is 6.08. The maximum atomic E-state index is 3.91. The Morgan fingerprint density at radius 1 is 1.25 bits per heavy atom. The van der Waals surface area contributed by atoms with Gasteiger partial charge in [-0.1, -0.05) is 28.1 Å². The summed E-state index contributed by atoms with van der Waals surface area (Å²) >= 11 is 3.35. The summed E-state index contributed by atoms with van der Waals surface area (Å²) in [6, 6.07) is 7.83. The van der Waals surface area contributed by atoms with Gasteiger partial charge in [-0.2, -0.15) is 0 Å². The van der Waals surface area contributed by atoms with Crippen LogP contribution >= 0.6 is 15.9 Å². The number of H-pyrrole nitrogens is 1. The molecule has 59 valence electrons. The first-order valence-corrected chi connectivity index (χ1v) is 4.20. The van der Waals surface area contributed by atoms with Gasteiger partial charge in [-0.15, -0.1) is 5.10 Å². The monoisotopic (exact) mass is 222 g/mol. The van der Waals surface area contributed by atoms with Crippen molar-refractivity contribution in [2.45, 2.75) is 0 Å². The molecule has 0 atom stereocenters. The van der Waals surface area contributed by atoms with E-state index in [1.807, 2.05) is 24.3 Å². The van der Waals surface area contributed by atoms with Crippen molar-refractivity contribution in [3.63, 3.8) is 0 Å². The van der Waals surface area contributed by atoms with Crippen LogP contribution in [0.15, 0.2) is 28.7 Å². The molecule has 4 heteroatoms. The lowest BCUT2D eigenvalue weighted by molar-refractivity contribution is 1.09. The van der Waals surface area contributed by atoms with Gasteiger partial charge >= 0.3 is 0 Å². The van der Waals surface area contributed by atoms with Crippen molar-refractivity contribution in [2.24, 2.45) is 0 Å². The van der Waals surface area contributed by atoms with E-state index < -0.39 is 0 Å². The molecule has 1 aromatic carbocycles. The minimum absolute atomic E-state index is 0.738. The standard InChI is InChI=1S/C8H5BrN3/c9-7-3-1-6(2-4-7)8-10-5-11-12-8/h1-4H,(H,10,11,12). The maximum absolute atomic E-state index is 3.91. The fourth-order valence-corrected chi connectivity index (χ4v) is 1.18. The number of hydrogen-bond donors (Lipinski definition) is 1. The topological polar surface area (TPSA) is 41.6 Å². The third-order valence-corrected chi connectivity index (χ3v) is 2.02. The molecular formula is C8H5BrN3. The fraction of sp³-hybridized carbons (Fsp3) is 0. The summed E-state index contributed by atoms with van der Waals surface area (Å²) in [6.07, 6.45) is 2.48. The summed E-state index contributed by atoms with van der Waals surface area (Å²) in [5.74, 6) is 0.738. The Morgan fingerprint density at radius 2 is 2.00 bits per heavy atom. The van der Waals surface area contributed by atoms with Gasteiger partial charge in [-0.05, 0) is 12.1 Å². The van der Waals surface area contributed by atoms with E-state index in [9.17, 15) is 0 Å².